The van der Waals surface area contributed by atoms with Gasteiger partial charge in [-0.05, 0) is 24.3 Å². The molecule has 0 saturated carbocycles. The van der Waals surface area contributed by atoms with Crippen LogP contribution in [0.25, 0.3) is 0 Å². The third kappa shape index (κ3) is 2.31. The molecule has 0 aromatic carbocycles. The maximum absolute atomic E-state index is 12.1. The topological polar surface area (TPSA) is 50.1 Å². The van der Waals surface area contributed by atoms with Crippen molar-refractivity contribution < 1.29 is 9.53 Å². The van der Waals surface area contributed by atoms with Crippen molar-refractivity contribution in [2.75, 3.05) is 13.2 Å². The van der Waals surface area contributed by atoms with E-state index in [-0.39, 0.29) is 11.7 Å². The SMILES string of the molecule is N#CC(C(=O)C1CCCOC1)c1cccs1. The Morgan fingerprint density at radius 2 is 2.56 bits per heavy atom. The smallest absolute Gasteiger partial charge is 0.160 e. The molecule has 2 atom stereocenters. The summed E-state index contributed by atoms with van der Waals surface area (Å²) in [5.41, 5.74) is 0. The first kappa shape index (κ1) is 11.3. The number of carbonyl (C=O) groups is 1. The van der Waals surface area contributed by atoms with Gasteiger partial charge in [0.05, 0.1) is 12.7 Å². The minimum Gasteiger partial charge on any atom is -0.381 e. The lowest BCUT2D eigenvalue weighted by Gasteiger charge is -2.22. The quantitative estimate of drug-likeness (QED) is 0.808. The minimum absolute atomic E-state index is 0.0182. The Labute approximate surface area is 98.7 Å². The maximum atomic E-state index is 12.1. The Hall–Kier alpha value is -1.18. The monoisotopic (exact) mass is 235 g/mol. The van der Waals surface area contributed by atoms with Crippen molar-refractivity contribution in [3.05, 3.63) is 22.4 Å². The molecule has 0 amide bonds. The summed E-state index contributed by atoms with van der Waals surface area (Å²) < 4.78 is 5.29. The van der Waals surface area contributed by atoms with Crippen LogP contribution in [-0.4, -0.2) is 19.0 Å². The number of hydrogen-bond acceptors (Lipinski definition) is 4. The first-order chi connectivity index (χ1) is 7.83. The first-order valence-electron chi connectivity index (χ1n) is 5.37. The molecule has 2 heterocycles. The molecule has 84 valence electrons. The maximum Gasteiger partial charge on any atom is 0.160 e. The molecule has 2 unspecified atom stereocenters. The first-order valence-corrected chi connectivity index (χ1v) is 6.25. The normalized spacial score (nSPS) is 22.3. The highest BCUT2D eigenvalue weighted by Crippen LogP contribution is 2.27. The summed E-state index contributed by atoms with van der Waals surface area (Å²) in [6.07, 6.45) is 1.77. The third-order valence-corrected chi connectivity index (χ3v) is 3.74. The number of nitrogens with zero attached hydrogens (tertiary/aromatic N) is 1. The Morgan fingerprint density at radius 1 is 1.69 bits per heavy atom. The molecule has 1 aliphatic rings. The molecule has 3 nitrogen and oxygen atoms in total. The highest BCUT2D eigenvalue weighted by atomic mass is 32.1. The van der Waals surface area contributed by atoms with E-state index >= 15 is 0 Å². The average molecular weight is 235 g/mol. The van der Waals surface area contributed by atoms with Crippen molar-refractivity contribution in [1.29, 1.82) is 5.26 Å². The summed E-state index contributed by atoms with van der Waals surface area (Å²) in [4.78, 5) is 13.0. The van der Waals surface area contributed by atoms with Crippen LogP contribution in [0.15, 0.2) is 17.5 Å². The van der Waals surface area contributed by atoms with Crippen LogP contribution in [0.5, 0.6) is 0 Å². The van der Waals surface area contributed by atoms with Crippen LogP contribution in [0.4, 0.5) is 0 Å². The van der Waals surface area contributed by atoms with Gasteiger partial charge < -0.3 is 4.74 Å². The van der Waals surface area contributed by atoms with E-state index in [0.29, 0.717) is 6.61 Å². The second-order valence-corrected chi connectivity index (χ2v) is 4.87. The van der Waals surface area contributed by atoms with E-state index in [1.165, 1.54) is 11.3 Å². The Balaban J connectivity index is 2.10. The third-order valence-electron chi connectivity index (χ3n) is 2.80. The standard InChI is InChI=1S/C12H13NO2S/c13-7-10(11-4-2-6-16-11)12(14)9-3-1-5-15-8-9/h2,4,6,9-10H,1,3,5,8H2. The highest BCUT2D eigenvalue weighted by molar-refractivity contribution is 7.10. The number of ketones is 1. The van der Waals surface area contributed by atoms with Gasteiger partial charge in [0, 0.05) is 17.4 Å². The summed E-state index contributed by atoms with van der Waals surface area (Å²) in [5, 5.41) is 11.0. The molecule has 0 spiro atoms. The second-order valence-electron chi connectivity index (χ2n) is 3.89. The van der Waals surface area contributed by atoms with Gasteiger partial charge in [-0.25, -0.2) is 0 Å². The molecule has 0 radical (unpaired) electrons. The largest absolute Gasteiger partial charge is 0.381 e. The van der Waals surface area contributed by atoms with Gasteiger partial charge in [0.2, 0.25) is 0 Å². The predicted molar refractivity (Wildman–Crippen MR) is 61.2 cm³/mol. The number of rotatable bonds is 3. The van der Waals surface area contributed by atoms with Gasteiger partial charge in [-0.1, -0.05) is 6.07 Å². The van der Waals surface area contributed by atoms with E-state index in [0.717, 1.165) is 24.3 Å². The van der Waals surface area contributed by atoms with Gasteiger partial charge >= 0.3 is 0 Å². The fourth-order valence-corrected chi connectivity index (χ4v) is 2.70. The van der Waals surface area contributed by atoms with Gasteiger partial charge in [-0.3, -0.25) is 4.79 Å². The number of nitriles is 1. The van der Waals surface area contributed by atoms with Gasteiger partial charge in [0.25, 0.3) is 0 Å². The van der Waals surface area contributed by atoms with Gasteiger partial charge in [0.1, 0.15) is 5.92 Å². The van der Waals surface area contributed by atoms with Crippen LogP contribution < -0.4 is 0 Å². The summed E-state index contributed by atoms with van der Waals surface area (Å²) in [5.74, 6) is -0.683. The van der Waals surface area contributed by atoms with Gasteiger partial charge in [-0.15, -0.1) is 11.3 Å². The zero-order valence-electron chi connectivity index (χ0n) is 8.89. The van der Waals surface area contributed by atoms with E-state index in [1.54, 1.807) is 0 Å². The molecule has 1 saturated heterocycles. The molecule has 1 aliphatic heterocycles. The zero-order valence-corrected chi connectivity index (χ0v) is 9.70. The fraction of sp³-hybridized carbons (Fsp3) is 0.500. The molecule has 0 N–H and O–H groups in total. The molecule has 1 aromatic rings. The average Bonchev–Trinajstić information content (AvgIpc) is 2.85. The Bertz CT molecular complexity index is 388. The van der Waals surface area contributed by atoms with E-state index in [9.17, 15) is 4.79 Å². The lowest BCUT2D eigenvalue weighted by atomic mass is 9.89. The number of Topliss-reactive ketones (excluding diaryl/α,β-unsaturated/α-hetero) is 1. The summed E-state index contributed by atoms with van der Waals surface area (Å²) in [7, 11) is 0. The summed E-state index contributed by atoms with van der Waals surface area (Å²) >= 11 is 1.46. The molecule has 1 aromatic heterocycles. The highest BCUT2D eigenvalue weighted by Gasteiger charge is 2.30. The molecule has 1 fully saturated rings. The van der Waals surface area contributed by atoms with Crippen LogP contribution in [0.2, 0.25) is 0 Å². The van der Waals surface area contributed by atoms with E-state index in [1.807, 2.05) is 17.5 Å². The molecule has 16 heavy (non-hydrogen) atoms. The van der Waals surface area contributed by atoms with E-state index < -0.39 is 5.92 Å². The van der Waals surface area contributed by atoms with Crippen molar-refractivity contribution in [2.45, 2.75) is 18.8 Å². The van der Waals surface area contributed by atoms with Gasteiger partial charge in [0.15, 0.2) is 5.78 Å². The van der Waals surface area contributed by atoms with E-state index in [4.69, 9.17) is 10.00 Å². The van der Waals surface area contributed by atoms with Crippen LogP contribution in [0.1, 0.15) is 23.6 Å². The fourth-order valence-electron chi connectivity index (χ4n) is 1.92. The number of thiophene rings is 1. The molecular formula is C12H13NO2S. The molecule has 2 rings (SSSR count). The Kier molecular flexibility index (Phi) is 3.70. The minimum atomic E-state index is -0.605. The van der Waals surface area contributed by atoms with Crippen LogP contribution in [-0.2, 0) is 9.53 Å². The molecule has 4 heteroatoms. The van der Waals surface area contributed by atoms with Crippen molar-refractivity contribution in [1.82, 2.24) is 0 Å². The van der Waals surface area contributed by atoms with Crippen LogP contribution in [0.3, 0.4) is 0 Å². The van der Waals surface area contributed by atoms with Crippen LogP contribution >= 0.6 is 11.3 Å². The molecular weight excluding hydrogens is 222 g/mol. The van der Waals surface area contributed by atoms with Crippen molar-refractivity contribution >= 4 is 17.1 Å². The van der Waals surface area contributed by atoms with Gasteiger partial charge in [-0.2, -0.15) is 5.26 Å². The number of hydrogen-bond donors (Lipinski definition) is 0. The lowest BCUT2D eigenvalue weighted by molar-refractivity contribution is -0.127. The summed E-state index contributed by atoms with van der Waals surface area (Å²) in [6, 6.07) is 5.82. The second kappa shape index (κ2) is 5.24. The summed E-state index contributed by atoms with van der Waals surface area (Å²) in [6.45, 7) is 1.21. The lowest BCUT2D eigenvalue weighted by Crippen LogP contribution is -2.28. The molecule has 0 bridgehead atoms. The Morgan fingerprint density at radius 3 is 3.12 bits per heavy atom. The van der Waals surface area contributed by atoms with Crippen molar-refractivity contribution in [3.63, 3.8) is 0 Å². The van der Waals surface area contributed by atoms with Crippen molar-refractivity contribution in [2.24, 2.45) is 5.92 Å². The van der Waals surface area contributed by atoms with Crippen molar-refractivity contribution in [3.8, 4) is 6.07 Å². The zero-order chi connectivity index (χ0) is 11.4. The van der Waals surface area contributed by atoms with E-state index in [2.05, 4.69) is 6.07 Å². The predicted octanol–water partition coefficient (Wildman–Crippen LogP) is 2.35. The van der Waals surface area contributed by atoms with Crippen LogP contribution in [0, 0.1) is 17.2 Å². The molecule has 0 aliphatic carbocycles. The number of ether oxygens (including phenoxy) is 1. The number of carbonyl (C=O) groups excluding carboxylic acids is 1.